The molecule has 0 saturated heterocycles. The highest BCUT2D eigenvalue weighted by molar-refractivity contribution is 5.96. The summed E-state index contributed by atoms with van der Waals surface area (Å²) in [6.45, 7) is 0.232. The number of primary amides is 1. The van der Waals surface area contributed by atoms with E-state index in [2.05, 4.69) is 0 Å². The van der Waals surface area contributed by atoms with Crippen molar-refractivity contribution in [1.82, 2.24) is 16.0 Å². The Labute approximate surface area is 158 Å². The number of carbonyl (C=O) groups is 6. The summed E-state index contributed by atoms with van der Waals surface area (Å²) in [5.74, 6) is -6.93. The molecular weight excluding hydrogens is 382 g/mol. The van der Waals surface area contributed by atoms with Crippen molar-refractivity contribution < 1.29 is 44.1 Å². The number of carboxylic acids is 2. The van der Waals surface area contributed by atoms with Crippen molar-refractivity contribution in [3.63, 3.8) is 0 Å². The van der Waals surface area contributed by atoms with Gasteiger partial charge in [-0.3, -0.25) is 28.8 Å². The number of aliphatic hydroxyl groups is 1. The molecule has 0 aliphatic carbocycles. The summed E-state index contributed by atoms with van der Waals surface area (Å²) in [5, 5.41) is 32.7. The molecule has 0 radical (unpaired) electrons. The lowest BCUT2D eigenvalue weighted by molar-refractivity contribution is -0.142. The highest BCUT2D eigenvalue weighted by atomic mass is 16.4. The van der Waals surface area contributed by atoms with Crippen LogP contribution in [0.15, 0.2) is 0 Å². The summed E-state index contributed by atoms with van der Waals surface area (Å²) in [5.41, 5.74) is 10.4. The predicted octanol–water partition coefficient (Wildman–Crippen LogP) is -4.78. The molecule has 158 valence electrons. The summed E-state index contributed by atoms with van der Waals surface area (Å²) in [6, 6.07) is -6.03. The van der Waals surface area contributed by atoms with Gasteiger partial charge >= 0.3 is 11.9 Å². The number of nitrogens with two attached hydrogens (primary N) is 2. The van der Waals surface area contributed by atoms with Crippen LogP contribution in [-0.2, 0) is 28.8 Å². The number of rotatable bonds is 12. The number of aliphatic hydroxyl groups excluding tert-OH is 1. The van der Waals surface area contributed by atoms with Crippen molar-refractivity contribution in [2.24, 2.45) is 11.5 Å². The van der Waals surface area contributed by atoms with Crippen molar-refractivity contribution in [3.8, 4) is 0 Å². The highest BCUT2D eigenvalue weighted by Crippen LogP contribution is 1.98. The average Bonchev–Trinajstić information content (AvgIpc) is 2.57. The van der Waals surface area contributed by atoms with Crippen LogP contribution in [0.25, 0.3) is 0 Å². The van der Waals surface area contributed by atoms with Gasteiger partial charge in [-0.1, -0.05) is 0 Å². The van der Waals surface area contributed by atoms with Crippen molar-refractivity contribution in [3.05, 3.63) is 0 Å². The maximum atomic E-state index is 12.3. The number of hydrogen-bond acceptors (Lipinski definition) is 8. The molecule has 28 heavy (non-hydrogen) atoms. The SMILES string of the molecule is CC(NC(=O)C(CO)NC(=O)C(CC(N)=O)NC(=O)C(N)CC(=O)O)C(=O)O. The number of amides is 4. The smallest absolute Gasteiger partial charge is 0.325 e. The second-order valence-electron chi connectivity index (χ2n) is 5.75. The number of hydrogen-bond donors (Lipinski definition) is 8. The van der Waals surface area contributed by atoms with Crippen LogP contribution in [0.2, 0.25) is 0 Å². The zero-order chi connectivity index (χ0) is 22.0. The van der Waals surface area contributed by atoms with Crippen LogP contribution in [0.4, 0.5) is 0 Å². The van der Waals surface area contributed by atoms with Gasteiger partial charge in [-0.05, 0) is 6.92 Å². The molecule has 0 spiro atoms. The summed E-state index contributed by atoms with van der Waals surface area (Å²) < 4.78 is 0. The molecule has 0 bridgehead atoms. The van der Waals surface area contributed by atoms with Gasteiger partial charge in [0, 0.05) is 0 Å². The molecule has 0 aromatic carbocycles. The fourth-order valence-electron chi connectivity index (χ4n) is 1.81. The van der Waals surface area contributed by atoms with E-state index in [-0.39, 0.29) is 0 Å². The zero-order valence-electron chi connectivity index (χ0n) is 14.9. The predicted molar refractivity (Wildman–Crippen MR) is 90.2 cm³/mol. The Bertz CT molecular complexity index is 639. The Morgan fingerprint density at radius 3 is 1.79 bits per heavy atom. The molecule has 10 N–H and O–H groups in total. The fraction of sp³-hybridized carbons (Fsp3) is 0.571. The molecule has 0 aliphatic rings. The van der Waals surface area contributed by atoms with Gasteiger partial charge in [0.2, 0.25) is 23.6 Å². The van der Waals surface area contributed by atoms with Gasteiger partial charge in [0.05, 0.1) is 25.5 Å². The molecule has 14 heteroatoms. The Morgan fingerprint density at radius 2 is 1.36 bits per heavy atom. The van der Waals surface area contributed by atoms with Gasteiger partial charge in [0.1, 0.15) is 18.1 Å². The first kappa shape index (κ1) is 24.7. The van der Waals surface area contributed by atoms with Gasteiger partial charge in [-0.15, -0.1) is 0 Å². The molecule has 14 nitrogen and oxygen atoms in total. The van der Waals surface area contributed by atoms with Crippen LogP contribution in [0.1, 0.15) is 19.8 Å². The Balaban J connectivity index is 5.14. The van der Waals surface area contributed by atoms with E-state index < -0.39 is 79.2 Å². The van der Waals surface area contributed by atoms with E-state index in [1.807, 2.05) is 16.0 Å². The van der Waals surface area contributed by atoms with Gasteiger partial charge in [-0.2, -0.15) is 0 Å². The number of nitrogens with one attached hydrogen (secondary N) is 3. The van der Waals surface area contributed by atoms with Crippen LogP contribution in [0.3, 0.4) is 0 Å². The molecule has 4 unspecified atom stereocenters. The average molecular weight is 405 g/mol. The number of carboxylic acid groups (broad SMARTS) is 2. The third-order valence-corrected chi connectivity index (χ3v) is 3.31. The van der Waals surface area contributed by atoms with Crippen molar-refractivity contribution in [2.75, 3.05) is 6.61 Å². The van der Waals surface area contributed by atoms with Crippen LogP contribution in [0, 0.1) is 0 Å². The second-order valence-corrected chi connectivity index (χ2v) is 5.75. The first-order chi connectivity index (χ1) is 12.9. The summed E-state index contributed by atoms with van der Waals surface area (Å²) in [7, 11) is 0. The monoisotopic (exact) mass is 405 g/mol. The van der Waals surface area contributed by atoms with Crippen molar-refractivity contribution in [1.29, 1.82) is 0 Å². The van der Waals surface area contributed by atoms with Gasteiger partial charge < -0.3 is 42.7 Å². The quantitative estimate of drug-likeness (QED) is 0.154. The van der Waals surface area contributed by atoms with Crippen molar-refractivity contribution in [2.45, 2.75) is 43.9 Å². The van der Waals surface area contributed by atoms with E-state index in [1.165, 1.54) is 0 Å². The van der Waals surface area contributed by atoms with E-state index in [1.54, 1.807) is 0 Å². The third kappa shape index (κ3) is 8.91. The maximum absolute atomic E-state index is 12.3. The normalized spacial score (nSPS) is 14.7. The van der Waals surface area contributed by atoms with Crippen LogP contribution in [-0.4, -0.2) is 81.7 Å². The largest absolute Gasteiger partial charge is 0.481 e. The maximum Gasteiger partial charge on any atom is 0.325 e. The molecule has 0 rings (SSSR count). The zero-order valence-corrected chi connectivity index (χ0v) is 14.9. The third-order valence-electron chi connectivity index (χ3n) is 3.31. The standard InChI is InChI=1S/C14H23N5O9/c1-5(14(27)28)17-13(26)8(4-20)19-12(25)7(3-9(16)21)18-11(24)6(15)2-10(22)23/h5-8,20H,2-4,15H2,1H3,(H2,16,21)(H,17,26)(H,18,24)(H,19,25)(H,22,23)(H,27,28). The van der Waals surface area contributed by atoms with E-state index in [0.29, 0.717) is 0 Å². The molecule has 0 saturated carbocycles. The molecule has 0 aromatic heterocycles. The number of carbonyl (C=O) groups excluding carboxylic acids is 4. The van der Waals surface area contributed by atoms with Gasteiger partial charge in [0.25, 0.3) is 0 Å². The van der Waals surface area contributed by atoms with E-state index in [0.717, 1.165) is 6.92 Å². The molecule has 0 fully saturated rings. The lowest BCUT2D eigenvalue weighted by Gasteiger charge is -2.23. The Hall–Kier alpha value is -3.26. The first-order valence-electron chi connectivity index (χ1n) is 7.89. The van der Waals surface area contributed by atoms with E-state index in [4.69, 9.17) is 21.7 Å². The Kier molecular flexibility index (Phi) is 10.1. The van der Waals surface area contributed by atoms with Crippen LogP contribution < -0.4 is 27.4 Å². The van der Waals surface area contributed by atoms with Gasteiger partial charge in [-0.25, -0.2) is 0 Å². The van der Waals surface area contributed by atoms with Crippen LogP contribution in [0.5, 0.6) is 0 Å². The summed E-state index contributed by atoms with van der Waals surface area (Å²) in [4.78, 5) is 68.5. The summed E-state index contributed by atoms with van der Waals surface area (Å²) >= 11 is 0. The van der Waals surface area contributed by atoms with E-state index in [9.17, 15) is 33.9 Å². The van der Waals surface area contributed by atoms with E-state index >= 15 is 0 Å². The van der Waals surface area contributed by atoms with Crippen LogP contribution >= 0.6 is 0 Å². The minimum atomic E-state index is -1.61. The molecule has 0 aromatic rings. The highest BCUT2D eigenvalue weighted by Gasteiger charge is 2.30. The lowest BCUT2D eigenvalue weighted by Crippen LogP contribution is -2.58. The minimum absolute atomic E-state index is 0.706. The Morgan fingerprint density at radius 1 is 0.857 bits per heavy atom. The first-order valence-corrected chi connectivity index (χ1v) is 7.89. The minimum Gasteiger partial charge on any atom is -0.481 e. The molecule has 4 amide bonds. The number of aliphatic carboxylic acids is 2. The molecule has 0 aliphatic heterocycles. The second kappa shape index (κ2) is 11.5. The molecule has 4 atom stereocenters. The fourth-order valence-corrected chi connectivity index (χ4v) is 1.81. The molecule has 0 heterocycles. The lowest BCUT2D eigenvalue weighted by atomic mass is 10.1. The molecular formula is C14H23N5O9. The van der Waals surface area contributed by atoms with Crippen molar-refractivity contribution >= 4 is 35.6 Å². The topological polar surface area (TPSA) is 251 Å². The van der Waals surface area contributed by atoms with Gasteiger partial charge in [0.15, 0.2) is 0 Å². The summed E-state index contributed by atoms with van der Waals surface area (Å²) in [6.07, 6.45) is -1.45.